The average molecular weight is 231 g/mol. The van der Waals surface area contributed by atoms with Crippen LogP contribution in [0, 0.1) is 6.92 Å². The summed E-state index contributed by atoms with van der Waals surface area (Å²) in [5, 5.41) is 0. The van der Waals surface area contributed by atoms with Crippen LogP contribution in [0.3, 0.4) is 0 Å². The van der Waals surface area contributed by atoms with Crippen molar-refractivity contribution in [1.29, 1.82) is 0 Å². The molecule has 0 N–H and O–H groups in total. The van der Waals surface area contributed by atoms with Crippen LogP contribution in [0.4, 0.5) is 0 Å². The van der Waals surface area contributed by atoms with E-state index in [0.29, 0.717) is 12.5 Å². The Morgan fingerprint density at radius 3 is 2.65 bits per heavy atom. The van der Waals surface area contributed by atoms with E-state index in [9.17, 15) is 4.79 Å². The standard InChI is InChI=1S/C15H21NO/c1-12-6-8-14(9-7-12)11-15(17)16-10-4-3-5-13(16)2/h6-9,13H,3-5,10-11H2,1-2H3/t13-/m1/s1. The van der Waals surface area contributed by atoms with Gasteiger partial charge in [0.1, 0.15) is 0 Å². The molecule has 0 saturated carbocycles. The summed E-state index contributed by atoms with van der Waals surface area (Å²) < 4.78 is 0. The van der Waals surface area contributed by atoms with Crippen LogP contribution in [0.25, 0.3) is 0 Å². The highest BCUT2D eigenvalue weighted by Crippen LogP contribution is 2.17. The van der Waals surface area contributed by atoms with E-state index >= 15 is 0 Å². The lowest BCUT2D eigenvalue weighted by molar-refractivity contribution is -0.133. The number of benzene rings is 1. The maximum atomic E-state index is 12.2. The molecular formula is C15H21NO. The lowest BCUT2D eigenvalue weighted by Crippen LogP contribution is -2.42. The molecule has 0 spiro atoms. The molecule has 0 aliphatic carbocycles. The molecule has 1 aromatic carbocycles. The minimum atomic E-state index is 0.279. The Morgan fingerprint density at radius 2 is 2.00 bits per heavy atom. The van der Waals surface area contributed by atoms with E-state index in [0.717, 1.165) is 24.9 Å². The molecule has 2 heteroatoms. The minimum absolute atomic E-state index is 0.279. The minimum Gasteiger partial charge on any atom is -0.340 e. The van der Waals surface area contributed by atoms with Gasteiger partial charge in [-0.15, -0.1) is 0 Å². The number of hydrogen-bond acceptors (Lipinski definition) is 1. The lowest BCUT2D eigenvalue weighted by Gasteiger charge is -2.33. The SMILES string of the molecule is Cc1ccc(CC(=O)N2CCCC[C@H]2C)cc1. The smallest absolute Gasteiger partial charge is 0.227 e. The second-order valence-corrected chi connectivity index (χ2v) is 5.09. The van der Waals surface area contributed by atoms with Gasteiger partial charge in [-0.3, -0.25) is 4.79 Å². The first kappa shape index (κ1) is 12.2. The highest BCUT2D eigenvalue weighted by atomic mass is 16.2. The van der Waals surface area contributed by atoms with E-state index < -0.39 is 0 Å². The molecule has 0 bridgehead atoms. The highest BCUT2D eigenvalue weighted by molar-refractivity contribution is 5.79. The fourth-order valence-electron chi connectivity index (χ4n) is 2.45. The van der Waals surface area contributed by atoms with Gasteiger partial charge in [0.05, 0.1) is 6.42 Å². The second-order valence-electron chi connectivity index (χ2n) is 5.09. The Balaban J connectivity index is 1.98. The van der Waals surface area contributed by atoms with Crippen LogP contribution in [0.5, 0.6) is 0 Å². The Bertz CT molecular complexity index is 382. The summed E-state index contributed by atoms with van der Waals surface area (Å²) in [6.07, 6.45) is 4.11. The average Bonchev–Trinajstić information content (AvgIpc) is 2.32. The summed E-state index contributed by atoms with van der Waals surface area (Å²) in [6, 6.07) is 8.68. The second kappa shape index (κ2) is 5.35. The number of hydrogen-bond donors (Lipinski definition) is 0. The van der Waals surface area contributed by atoms with Crippen LogP contribution in [-0.4, -0.2) is 23.4 Å². The summed E-state index contributed by atoms with van der Waals surface area (Å²) in [7, 11) is 0. The number of rotatable bonds is 2. The Kier molecular flexibility index (Phi) is 3.82. The molecule has 0 radical (unpaired) electrons. The monoisotopic (exact) mass is 231 g/mol. The van der Waals surface area contributed by atoms with Gasteiger partial charge in [0.2, 0.25) is 5.91 Å². The molecule has 1 aliphatic rings. The van der Waals surface area contributed by atoms with Gasteiger partial charge in [-0.05, 0) is 38.7 Å². The van der Waals surface area contributed by atoms with Crippen molar-refractivity contribution in [1.82, 2.24) is 4.90 Å². The van der Waals surface area contributed by atoms with E-state index in [2.05, 4.69) is 38.1 Å². The first-order valence-electron chi connectivity index (χ1n) is 6.52. The number of likely N-dealkylation sites (tertiary alicyclic amines) is 1. The van der Waals surface area contributed by atoms with Gasteiger partial charge in [-0.2, -0.15) is 0 Å². The predicted octanol–water partition coefficient (Wildman–Crippen LogP) is 2.94. The van der Waals surface area contributed by atoms with Gasteiger partial charge in [-0.25, -0.2) is 0 Å². The van der Waals surface area contributed by atoms with Gasteiger partial charge in [0.15, 0.2) is 0 Å². The molecule has 1 aromatic rings. The van der Waals surface area contributed by atoms with Crippen molar-refractivity contribution in [2.45, 2.75) is 45.6 Å². The molecule has 1 saturated heterocycles. The number of carbonyl (C=O) groups is 1. The van der Waals surface area contributed by atoms with Crippen molar-refractivity contribution in [3.8, 4) is 0 Å². The first-order chi connectivity index (χ1) is 8.16. The summed E-state index contributed by atoms with van der Waals surface area (Å²) in [5.41, 5.74) is 2.37. The molecule has 1 atom stereocenters. The van der Waals surface area contributed by atoms with Gasteiger partial charge in [0, 0.05) is 12.6 Å². The predicted molar refractivity (Wildman–Crippen MR) is 69.9 cm³/mol. The van der Waals surface area contributed by atoms with Crippen molar-refractivity contribution >= 4 is 5.91 Å². The van der Waals surface area contributed by atoms with Crippen LogP contribution >= 0.6 is 0 Å². The molecule has 1 amide bonds. The third-order valence-corrected chi connectivity index (χ3v) is 3.60. The maximum absolute atomic E-state index is 12.2. The topological polar surface area (TPSA) is 20.3 Å². The van der Waals surface area contributed by atoms with Gasteiger partial charge < -0.3 is 4.90 Å². The maximum Gasteiger partial charge on any atom is 0.227 e. The molecule has 0 unspecified atom stereocenters. The Labute approximate surface area is 104 Å². The number of nitrogens with zero attached hydrogens (tertiary/aromatic N) is 1. The van der Waals surface area contributed by atoms with E-state index in [1.54, 1.807) is 0 Å². The zero-order valence-corrected chi connectivity index (χ0v) is 10.8. The van der Waals surface area contributed by atoms with E-state index in [1.807, 2.05) is 4.90 Å². The molecule has 92 valence electrons. The van der Waals surface area contributed by atoms with E-state index in [4.69, 9.17) is 0 Å². The normalized spacial score (nSPS) is 20.4. The van der Waals surface area contributed by atoms with E-state index in [-0.39, 0.29) is 5.91 Å². The third kappa shape index (κ3) is 3.09. The Hall–Kier alpha value is -1.31. The summed E-state index contributed by atoms with van der Waals surface area (Å²) in [4.78, 5) is 14.2. The molecule has 0 aromatic heterocycles. The number of aryl methyl sites for hydroxylation is 1. The number of piperidine rings is 1. The van der Waals surface area contributed by atoms with Crippen LogP contribution in [0.1, 0.15) is 37.3 Å². The fourth-order valence-corrected chi connectivity index (χ4v) is 2.45. The van der Waals surface area contributed by atoms with Crippen LogP contribution in [-0.2, 0) is 11.2 Å². The molecule has 1 aliphatic heterocycles. The molecular weight excluding hydrogens is 210 g/mol. The van der Waals surface area contributed by atoms with Crippen LogP contribution in [0.2, 0.25) is 0 Å². The van der Waals surface area contributed by atoms with Gasteiger partial charge >= 0.3 is 0 Å². The quantitative estimate of drug-likeness (QED) is 0.766. The van der Waals surface area contributed by atoms with Crippen molar-refractivity contribution in [3.63, 3.8) is 0 Å². The summed E-state index contributed by atoms with van der Waals surface area (Å²) in [5.74, 6) is 0.279. The molecule has 1 fully saturated rings. The van der Waals surface area contributed by atoms with Crippen molar-refractivity contribution in [2.24, 2.45) is 0 Å². The zero-order valence-electron chi connectivity index (χ0n) is 10.8. The van der Waals surface area contributed by atoms with Crippen molar-refractivity contribution < 1.29 is 4.79 Å². The van der Waals surface area contributed by atoms with Crippen molar-refractivity contribution in [2.75, 3.05) is 6.54 Å². The molecule has 2 nitrogen and oxygen atoms in total. The highest BCUT2D eigenvalue weighted by Gasteiger charge is 2.22. The fraction of sp³-hybridized carbons (Fsp3) is 0.533. The third-order valence-electron chi connectivity index (χ3n) is 3.60. The van der Waals surface area contributed by atoms with Gasteiger partial charge in [0.25, 0.3) is 0 Å². The first-order valence-corrected chi connectivity index (χ1v) is 6.52. The molecule has 17 heavy (non-hydrogen) atoms. The summed E-state index contributed by atoms with van der Waals surface area (Å²) in [6.45, 7) is 5.16. The van der Waals surface area contributed by atoms with Crippen LogP contribution < -0.4 is 0 Å². The Morgan fingerprint density at radius 1 is 1.29 bits per heavy atom. The zero-order chi connectivity index (χ0) is 12.3. The molecule has 2 rings (SSSR count). The lowest BCUT2D eigenvalue weighted by atomic mass is 10.0. The molecule has 1 heterocycles. The number of amides is 1. The van der Waals surface area contributed by atoms with Gasteiger partial charge in [-0.1, -0.05) is 29.8 Å². The largest absolute Gasteiger partial charge is 0.340 e. The number of carbonyl (C=O) groups excluding carboxylic acids is 1. The summed E-state index contributed by atoms with van der Waals surface area (Å²) >= 11 is 0. The van der Waals surface area contributed by atoms with E-state index in [1.165, 1.54) is 12.0 Å². The van der Waals surface area contributed by atoms with Crippen molar-refractivity contribution in [3.05, 3.63) is 35.4 Å². The van der Waals surface area contributed by atoms with Crippen LogP contribution in [0.15, 0.2) is 24.3 Å².